The van der Waals surface area contributed by atoms with Gasteiger partial charge in [-0.25, -0.2) is 18.1 Å². The molecule has 0 unspecified atom stereocenters. The van der Waals surface area contributed by atoms with Gasteiger partial charge in [0, 0.05) is 24.3 Å². The predicted octanol–water partition coefficient (Wildman–Crippen LogP) is 5.92. The highest BCUT2D eigenvalue weighted by molar-refractivity contribution is 7.92. The first-order valence-corrected chi connectivity index (χ1v) is 15.1. The fraction of sp³-hybridized carbons (Fsp3) is 0.323. The van der Waals surface area contributed by atoms with E-state index in [0.717, 1.165) is 43.2 Å². The zero-order chi connectivity index (χ0) is 29.2. The van der Waals surface area contributed by atoms with Gasteiger partial charge in [0.05, 0.1) is 16.6 Å². The van der Waals surface area contributed by atoms with E-state index in [1.165, 1.54) is 19.2 Å². The molecule has 216 valence electrons. The summed E-state index contributed by atoms with van der Waals surface area (Å²) in [5.41, 5.74) is 2.26. The predicted molar refractivity (Wildman–Crippen MR) is 160 cm³/mol. The zero-order valence-corrected chi connectivity index (χ0v) is 24.1. The fourth-order valence-electron chi connectivity index (χ4n) is 4.73. The van der Waals surface area contributed by atoms with Gasteiger partial charge >= 0.3 is 0 Å². The minimum absolute atomic E-state index is 0.0194. The lowest BCUT2D eigenvalue weighted by atomic mass is 10.0. The van der Waals surface area contributed by atoms with Crippen molar-refractivity contribution in [2.75, 3.05) is 25.2 Å². The van der Waals surface area contributed by atoms with Crippen LogP contribution in [0.5, 0.6) is 5.88 Å². The summed E-state index contributed by atoms with van der Waals surface area (Å²) in [5.74, 6) is -0.306. The highest BCUT2D eigenvalue weighted by Crippen LogP contribution is 2.28. The molecule has 0 aliphatic carbocycles. The lowest BCUT2D eigenvalue weighted by molar-refractivity contribution is 0.0138. The molecule has 1 N–H and O–H groups in total. The van der Waals surface area contributed by atoms with E-state index in [1.54, 1.807) is 29.2 Å². The molecule has 1 atom stereocenters. The molecule has 0 saturated carbocycles. The van der Waals surface area contributed by atoms with Gasteiger partial charge < -0.3 is 14.4 Å². The van der Waals surface area contributed by atoms with E-state index in [0.29, 0.717) is 12.1 Å². The molecule has 2 heterocycles. The number of hydrogen-bond donors (Lipinski definition) is 1. The highest BCUT2D eigenvalue weighted by Gasteiger charge is 2.28. The number of aromatic nitrogens is 2. The van der Waals surface area contributed by atoms with Crippen molar-refractivity contribution in [2.24, 2.45) is 0 Å². The smallest absolute Gasteiger partial charge is 0.264 e. The van der Waals surface area contributed by atoms with Gasteiger partial charge in [0.25, 0.3) is 15.9 Å². The monoisotopic (exact) mass is 576 g/mol. The van der Waals surface area contributed by atoms with Crippen LogP contribution < -0.4 is 9.46 Å². The molecule has 0 spiro atoms. The summed E-state index contributed by atoms with van der Waals surface area (Å²) in [4.78, 5) is 24.1. The molecule has 0 saturated heterocycles. The lowest BCUT2D eigenvalue weighted by Gasteiger charge is -2.31. The molecule has 1 aromatic heterocycles. The van der Waals surface area contributed by atoms with Gasteiger partial charge in [-0.05, 0) is 43.0 Å². The number of ether oxygens (including phenoxy) is 2. The Balaban J connectivity index is 1.77. The van der Waals surface area contributed by atoms with E-state index in [2.05, 4.69) is 27.8 Å². The fourth-order valence-corrected chi connectivity index (χ4v) is 5.72. The molecule has 2 aromatic carbocycles. The van der Waals surface area contributed by atoms with Crippen LogP contribution in [0.4, 0.5) is 5.95 Å². The van der Waals surface area contributed by atoms with E-state index >= 15 is 0 Å². The Bertz CT molecular complexity index is 1490. The van der Waals surface area contributed by atoms with E-state index in [9.17, 15) is 13.2 Å². The van der Waals surface area contributed by atoms with Crippen molar-refractivity contribution in [2.45, 2.75) is 49.5 Å². The van der Waals surface area contributed by atoms with Crippen molar-refractivity contribution in [1.82, 2.24) is 14.9 Å². The van der Waals surface area contributed by atoms with Crippen molar-refractivity contribution < 1.29 is 22.7 Å². The van der Waals surface area contributed by atoms with E-state index < -0.39 is 10.0 Å². The number of anilines is 1. The van der Waals surface area contributed by atoms with Gasteiger partial charge in [0.2, 0.25) is 11.8 Å². The Kier molecular flexibility index (Phi) is 10.3. The number of nitrogens with zero attached hydrogens (tertiary/aromatic N) is 3. The van der Waals surface area contributed by atoms with Crippen molar-refractivity contribution >= 4 is 28.0 Å². The Morgan fingerprint density at radius 1 is 1.07 bits per heavy atom. The number of rotatable bonds is 11. The zero-order valence-electron chi connectivity index (χ0n) is 23.3. The molecular formula is C31H36N4O5S. The molecule has 1 amide bonds. The van der Waals surface area contributed by atoms with Gasteiger partial charge in [-0.15, -0.1) is 6.58 Å². The molecule has 4 bridgehead atoms. The molecule has 1 aliphatic heterocycles. The first-order valence-electron chi connectivity index (χ1n) is 13.6. The molecule has 9 nitrogen and oxygen atoms in total. The summed E-state index contributed by atoms with van der Waals surface area (Å²) >= 11 is 0. The van der Waals surface area contributed by atoms with Gasteiger partial charge in [0.15, 0.2) is 0 Å². The van der Waals surface area contributed by atoms with Crippen LogP contribution in [0.3, 0.4) is 0 Å². The number of unbranched alkanes of at least 4 members (excludes halogenated alkanes) is 4. The van der Waals surface area contributed by atoms with Crippen LogP contribution in [0.2, 0.25) is 0 Å². The van der Waals surface area contributed by atoms with Gasteiger partial charge in [-0.3, -0.25) is 4.79 Å². The average Bonchev–Trinajstić information content (AvgIpc) is 2.98. The lowest BCUT2D eigenvalue weighted by Crippen LogP contribution is -2.45. The average molecular weight is 577 g/mol. The highest BCUT2D eigenvalue weighted by atomic mass is 32.2. The quantitative estimate of drug-likeness (QED) is 0.223. The van der Waals surface area contributed by atoms with Gasteiger partial charge in [-0.2, -0.15) is 4.98 Å². The van der Waals surface area contributed by atoms with Crippen LogP contribution in [-0.4, -0.2) is 55.7 Å². The second-order valence-corrected chi connectivity index (χ2v) is 11.5. The number of amides is 1. The number of hydrogen-bond acceptors (Lipinski definition) is 7. The Hall–Kier alpha value is -4.02. The Labute approximate surface area is 242 Å². The summed E-state index contributed by atoms with van der Waals surface area (Å²) in [7, 11) is -2.60. The largest absolute Gasteiger partial charge is 0.475 e. The summed E-state index contributed by atoms with van der Waals surface area (Å²) in [6, 6.07) is 14.7. The number of allylic oxidation sites excluding steroid dienone is 1. The van der Waals surface area contributed by atoms with Crippen LogP contribution in [0, 0.1) is 0 Å². The minimum atomic E-state index is -4.13. The van der Waals surface area contributed by atoms with Crippen molar-refractivity contribution in [3.8, 4) is 17.1 Å². The maximum absolute atomic E-state index is 13.7. The molecule has 3 aromatic rings. The topological polar surface area (TPSA) is 111 Å². The standard InChI is InChI=1S/C31H36N4O5S/c1-4-6-7-8-9-10-16-25-21-40-29-20-28(27-18-12-11-14-23(27)5-2)32-31(33-29)34-41(37,38)26-17-13-15-24(19-26)30(36)35(25)22-39-3/h4-5,11-15,17-20,25H,1-2,6-10,16,21-22H2,3H3,(H,32,33,34)/t25-/m1/s1. The number of carbonyl (C=O) groups excluding carboxylic acids is 1. The second-order valence-electron chi connectivity index (χ2n) is 9.78. The van der Waals surface area contributed by atoms with Crippen LogP contribution in [0.1, 0.15) is 54.4 Å². The molecule has 0 fully saturated rings. The van der Waals surface area contributed by atoms with Crippen LogP contribution in [0.15, 0.2) is 78.7 Å². The molecule has 0 radical (unpaired) electrons. The minimum Gasteiger partial charge on any atom is -0.475 e. The third-order valence-corrected chi connectivity index (χ3v) is 8.19. The Morgan fingerprint density at radius 2 is 1.88 bits per heavy atom. The van der Waals surface area contributed by atoms with Crippen molar-refractivity contribution in [3.05, 3.63) is 85.0 Å². The number of sulfonamides is 1. The molecule has 10 heteroatoms. The third-order valence-electron chi connectivity index (χ3n) is 6.87. The van der Waals surface area contributed by atoms with E-state index in [1.807, 2.05) is 30.3 Å². The molecule has 1 aliphatic rings. The SMILES string of the molecule is C=CCCCCCC[C@@H]1COc2cc(-c3ccccc3C=C)nc(n2)NS(=O)(=O)c2cccc(c2)C(=O)N1COC. The van der Waals surface area contributed by atoms with Crippen LogP contribution >= 0.6 is 0 Å². The Morgan fingerprint density at radius 3 is 2.66 bits per heavy atom. The van der Waals surface area contributed by atoms with Crippen molar-refractivity contribution in [1.29, 1.82) is 0 Å². The van der Waals surface area contributed by atoms with Crippen molar-refractivity contribution in [3.63, 3.8) is 0 Å². The van der Waals surface area contributed by atoms with E-state index in [-0.39, 0.29) is 47.6 Å². The number of fused-ring (bicyclic) bond motifs is 4. The molecule has 41 heavy (non-hydrogen) atoms. The normalized spacial score (nSPS) is 16.4. The second kappa shape index (κ2) is 14.0. The maximum Gasteiger partial charge on any atom is 0.264 e. The summed E-state index contributed by atoms with van der Waals surface area (Å²) < 4.78 is 40.8. The van der Waals surface area contributed by atoms with E-state index in [4.69, 9.17) is 9.47 Å². The number of nitrogens with one attached hydrogen (secondary N) is 1. The number of carbonyl (C=O) groups is 1. The summed E-state index contributed by atoms with van der Waals surface area (Å²) in [5, 5.41) is 0. The third kappa shape index (κ3) is 7.59. The summed E-state index contributed by atoms with van der Waals surface area (Å²) in [6.45, 7) is 7.81. The van der Waals surface area contributed by atoms with Gasteiger partial charge in [0.1, 0.15) is 13.3 Å². The molecule has 4 rings (SSSR count). The van der Waals surface area contributed by atoms with Crippen LogP contribution in [0.25, 0.3) is 17.3 Å². The number of benzene rings is 2. The first kappa shape index (κ1) is 30.0. The van der Waals surface area contributed by atoms with Gasteiger partial charge in [-0.1, -0.05) is 68.3 Å². The number of methoxy groups -OCH3 is 1. The maximum atomic E-state index is 13.7. The van der Waals surface area contributed by atoms with Crippen LogP contribution in [-0.2, 0) is 14.8 Å². The molecular weight excluding hydrogens is 540 g/mol. The first-order chi connectivity index (χ1) is 19.9. The summed E-state index contributed by atoms with van der Waals surface area (Å²) in [6.07, 6.45) is 9.27.